The predicted octanol–water partition coefficient (Wildman–Crippen LogP) is 6.46. The molecule has 5 heteroatoms. The Morgan fingerprint density at radius 2 is 1.79 bits per heavy atom. The van der Waals surface area contributed by atoms with E-state index in [9.17, 15) is 4.79 Å². The van der Waals surface area contributed by atoms with Gasteiger partial charge in [0.15, 0.2) is 0 Å². The predicted molar refractivity (Wildman–Crippen MR) is 120 cm³/mol. The first-order chi connectivity index (χ1) is 14.2. The van der Waals surface area contributed by atoms with E-state index in [0.29, 0.717) is 30.2 Å². The quantitative estimate of drug-likeness (QED) is 0.378. The molecule has 0 aliphatic heterocycles. The topological polar surface area (TPSA) is 47.6 Å². The number of anilines is 1. The normalized spacial score (nSPS) is 10.4. The molecule has 0 aliphatic rings. The molecule has 0 saturated heterocycles. The highest BCUT2D eigenvalue weighted by Crippen LogP contribution is 2.27. The van der Waals surface area contributed by atoms with Gasteiger partial charge < -0.3 is 14.8 Å². The van der Waals surface area contributed by atoms with Crippen LogP contribution in [0.1, 0.15) is 35.7 Å². The number of nitrogens with one attached hydrogen (secondary N) is 1. The van der Waals surface area contributed by atoms with Gasteiger partial charge in [-0.25, -0.2) is 0 Å². The van der Waals surface area contributed by atoms with Gasteiger partial charge >= 0.3 is 0 Å². The molecule has 0 aliphatic carbocycles. The van der Waals surface area contributed by atoms with Gasteiger partial charge in [-0.15, -0.1) is 0 Å². The smallest absolute Gasteiger partial charge is 0.255 e. The zero-order chi connectivity index (χ0) is 20.5. The summed E-state index contributed by atoms with van der Waals surface area (Å²) in [5, 5.41) is 2.92. The fraction of sp³-hybridized carbons (Fsp3) is 0.208. The Balaban J connectivity index is 1.61. The van der Waals surface area contributed by atoms with Gasteiger partial charge in [-0.2, -0.15) is 0 Å². The number of carbonyl (C=O) groups is 1. The van der Waals surface area contributed by atoms with E-state index < -0.39 is 0 Å². The van der Waals surface area contributed by atoms with Crippen molar-refractivity contribution in [1.29, 1.82) is 0 Å². The van der Waals surface area contributed by atoms with Gasteiger partial charge in [0, 0.05) is 17.3 Å². The number of unbranched alkanes of at least 4 members (excludes halogenated alkanes) is 1. The third-order valence-corrected chi connectivity index (χ3v) is 4.91. The fourth-order valence-electron chi connectivity index (χ4n) is 2.69. The largest absolute Gasteiger partial charge is 0.492 e. The molecule has 0 atom stereocenters. The minimum Gasteiger partial charge on any atom is -0.492 e. The first-order valence-electron chi connectivity index (χ1n) is 9.66. The van der Waals surface area contributed by atoms with Gasteiger partial charge in [0.05, 0.1) is 11.1 Å². The molecule has 0 unspecified atom stereocenters. The second-order valence-corrected chi connectivity index (χ2v) is 7.46. The second-order valence-electron chi connectivity index (χ2n) is 6.60. The number of rotatable bonds is 9. The van der Waals surface area contributed by atoms with Gasteiger partial charge in [-0.1, -0.05) is 49.7 Å². The highest BCUT2D eigenvalue weighted by atomic mass is 79.9. The lowest BCUT2D eigenvalue weighted by Gasteiger charge is -2.11. The third kappa shape index (κ3) is 6.36. The van der Waals surface area contributed by atoms with Gasteiger partial charge in [0.2, 0.25) is 0 Å². The summed E-state index contributed by atoms with van der Waals surface area (Å²) < 4.78 is 12.3. The Bertz CT molecular complexity index is 944. The van der Waals surface area contributed by atoms with Crippen LogP contribution in [0.25, 0.3) is 0 Å². The lowest BCUT2D eigenvalue weighted by Crippen LogP contribution is -2.12. The van der Waals surface area contributed by atoms with E-state index in [0.717, 1.165) is 28.6 Å². The lowest BCUT2D eigenvalue weighted by atomic mass is 10.2. The summed E-state index contributed by atoms with van der Waals surface area (Å²) in [5.41, 5.74) is 2.32. The number of carbonyl (C=O) groups excluding carboxylic acids is 1. The monoisotopic (exact) mass is 453 g/mol. The first-order valence-corrected chi connectivity index (χ1v) is 10.5. The van der Waals surface area contributed by atoms with E-state index >= 15 is 0 Å². The molecule has 29 heavy (non-hydrogen) atoms. The molecule has 0 heterocycles. The Labute approximate surface area is 180 Å². The first kappa shape index (κ1) is 20.9. The van der Waals surface area contributed by atoms with Crippen LogP contribution in [-0.2, 0) is 6.61 Å². The maximum atomic E-state index is 12.6. The fourth-order valence-corrected chi connectivity index (χ4v) is 3.19. The molecule has 0 bridgehead atoms. The van der Waals surface area contributed by atoms with Crippen LogP contribution in [0.15, 0.2) is 77.3 Å². The van der Waals surface area contributed by atoms with Gasteiger partial charge in [0.1, 0.15) is 18.1 Å². The van der Waals surface area contributed by atoms with Crippen molar-refractivity contribution in [2.75, 3.05) is 11.9 Å². The van der Waals surface area contributed by atoms with Crippen LogP contribution < -0.4 is 14.8 Å². The van der Waals surface area contributed by atoms with Crippen LogP contribution in [0, 0.1) is 0 Å². The van der Waals surface area contributed by atoms with E-state index in [4.69, 9.17) is 9.47 Å². The molecule has 0 fully saturated rings. The number of hydrogen-bond donors (Lipinski definition) is 1. The molecule has 3 aromatic rings. The number of benzene rings is 3. The molecular formula is C24H24BrNO3. The molecule has 3 rings (SSSR count). The van der Waals surface area contributed by atoms with Crippen molar-refractivity contribution in [2.45, 2.75) is 26.4 Å². The Morgan fingerprint density at radius 3 is 2.55 bits per heavy atom. The maximum absolute atomic E-state index is 12.6. The van der Waals surface area contributed by atoms with Crippen LogP contribution in [-0.4, -0.2) is 12.5 Å². The number of ether oxygens (including phenoxy) is 2. The standard InChI is InChI=1S/C24H24BrNO3/c1-2-3-14-28-23-13-12-19(15-22(23)25)24(27)26-20-10-7-11-21(16-20)29-17-18-8-5-4-6-9-18/h4-13,15-16H,2-3,14,17H2,1H3,(H,26,27). The lowest BCUT2D eigenvalue weighted by molar-refractivity contribution is 0.102. The van der Waals surface area contributed by atoms with Crippen LogP contribution >= 0.6 is 15.9 Å². The van der Waals surface area contributed by atoms with Crippen molar-refractivity contribution in [3.8, 4) is 11.5 Å². The summed E-state index contributed by atoms with van der Waals surface area (Å²) in [7, 11) is 0. The Hall–Kier alpha value is -2.79. The summed E-state index contributed by atoms with van der Waals surface area (Å²) in [6.45, 7) is 3.26. The van der Waals surface area contributed by atoms with Crippen LogP contribution in [0.2, 0.25) is 0 Å². The SMILES string of the molecule is CCCCOc1ccc(C(=O)Nc2cccc(OCc3ccccc3)c2)cc1Br. The van der Waals surface area contributed by atoms with E-state index in [1.165, 1.54) is 0 Å². The number of amides is 1. The van der Waals surface area contributed by atoms with Crippen molar-refractivity contribution in [3.63, 3.8) is 0 Å². The zero-order valence-electron chi connectivity index (χ0n) is 16.4. The van der Waals surface area contributed by atoms with Crippen LogP contribution in [0.5, 0.6) is 11.5 Å². The molecule has 0 saturated carbocycles. The summed E-state index contributed by atoms with van der Waals surface area (Å²) >= 11 is 3.48. The van der Waals surface area contributed by atoms with Crippen molar-refractivity contribution in [1.82, 2.24) is 0 Å². The van der Waals surface area contributed by atoms with Crippen LogP contribution in [0.3, 0.4) is 0 Å². The summed E-state index contributed by atoms with van der Waals surface area (Å²) in [6.07, 6.45) is 2.07. The molecule has 3 aromatic carbocycles. The number of halogens is 1. The summed E-state index contributed by atoms with van der Waals surface area (Å²) in [5.74, 6) is 1.25. The van der Waals surface area contributed by atoms with Gasteiger partial charge in [-0.3, -0.25) is 4.79 Å². The minimum atomic E-state index is -0.189. The van der Waals surface area contributed by atoms with Crippen molar-refractivity contribution < 1.29 is 14.3 Å². The Morgan fingerprint density at radius 1 is 0.966 bits per heavy atom. The second kappa shape index (κ2) is 10.7. The van der Waals surface area contributed by atoms with E-state index in [-0.39, 0.29) is 5.91 Å². The molecular weight excluding hydrogens is 430 g/mol. The van der Waals surface area contributed by atoms with Gasteiger partial charge in [-0.05, 0) is 58.2 Å². The van der Waals surface area contributed by atoms with E-state index in [2.05, 4.69) is 28.2 Å². The van der Waals surface area contributed by atoms with E-state index in [1.807, 2.05) is 60.7 Å². The highest BCUT2D eigenvalue weighted by Gasteiger charge is 2.10. The van der Waals surface area contributed by atoms with Gasteiger partial charge in [0.25, 0.3) is 5.91 Å². The molecule has 0 spiro atoms. The molecule has 0 aromatic heterocycles. The zero-order valence-corrected chi connectivity index (χ0v) is 17.9. The molecule has 1 amide bonds. The average molecular weight is 454 g/mol. The summed E-state index contributed by atoms with van der Waals surface area (Å²) in [4.78, 5) is 12.6. The third-order valence-electron chi connectivity index (χ3n) is 4.29. The van der Waals surface area contributed by atoms with E-state index in [1.54, 1.807) is 12.1 Å². The summed E-state index contributed by atoms with van der Waals surface area (Å²) in [6, 6.07) is 22.7. The molecule has 4 nitrogen and oxygen atoms in total. The molecule has 0 radical (unpaired) electrons. The number of hydrogen-bond acceptors (Lipinski definition) is 3. The van der Waals surface area contributed by atoms with Crippen molar-refractivity contribution in [2.24, 2.45) is 0 Å². The maximum Gasteiger partial charge on any atom is 0.255 e. The Kier molecular flexibility index (Phi) is 7.70. The van der Waals surface area contributed by atoms with Crippen molar-refractivity contribution >= 4 is 27.5 Å². The average Bonchev–Trinajstić information content (AvgIpc) is 2.74. The molecule has 1 N–H and O–H groups in total. The molecule has 150 valence electrons. The van der Waals surface area contributed by atoms with Crippen molar-refractivity contribution in [3.05, 3.63) is 88.4 Å². The minimum absolute atomic E-state index is 0.189. The highest BCUT2D eigenvalue weighted by molar-refractivity contribution is 9.10. The van der Waals surface area contributed by atoms with Crippen LogP contribution in [0.4, 0.5) is 5.69 Å².